The van der Waals surface area contributed by atoms with Crippen LogP contribution in [0, 0.1) is 5.92 Å². The van der Waals surface area contributed by atoms with E-state index in [4.69, 9.17) is 4.74 Å². The number of rotatable bonds is 7. The van der Waals surface area contributed by atoms with Crippen molar-refractivity contribution in [2.45, 2.75) is 38.6 Å². The van der Waals surface area contributed by atoms with Crippen LogP contribution in [0.25, 0.3) is 0 Å². The summed E-state index contributed by atoms with van der Waals surface area (Å²) in [5.74, 6) is 1.51. The quantitative estimate of drug-likeness (QED) is 0.710. The fraction of sp³-hybridized carbons (Fsp3) is 0.480. The Morgan fingerprint density at radius 1 is 0.862 bits per heavy atom. The van der Waals surface area contributed by atoms with Gasteiger partial charge < -0.3 is 9.64 Å². The molecule has 0 aromatic heterocycles. The maximum atomic E-state index is 12.4. The highest BCUT2D eigenvalue weighted by atomic mass is 16.5. The molecule has 2 aliphatic heterocycles. The van der Waals surface area contributed by atoms with Crippen molar-refractivity contribution in [3.8, 4) is 5.75 Å². The maximum Gasteiger partial charge on any atom is 0.260 e. The fourth-order valence-corrected chi connectivity index (χ4v) is 4.45. The molecule has 2 fully saturated rings. The molecule has 0 unspecified atom stereocenters. The third-order valence-electron chi connectivity index (χ3n) is 6.22. The van der Waals surface area contributed by atoms with Gasteiger partial charge in [-0.05, 0) is 74.4 Å². The highest BCUT2D eigenvalue weighted by molar-refractivity contribution is 5.77. The second kappa shape index (κ2) is 9.93. The number of amides is 1. The number of piperidine rings is 1. The lowest BCUT2D eigenvalue weighted by atomic mass is 9.90. The minimum absolute atomic E-state index is 0.0959. The molecule has 4 rings (SSSR count). The van der Waals surface area contributed by atoms with E-state index in [0.29, 0.717) is 5.92 Å². The Bertz CT molecular complexity index is 761. The molecule has 29 heavy (non-hydrogen) atoms. The van der Waals surface area contributed by atoms with Gasteiger partial charge in [0.25, 0.3) is 5.91 Å². The van der Waals surface area contributed by atoms with Gasteiger partial charge in [0, 0.05) is 19.6 Å². The predicted molar refractivity (Wildman–Crippen MR) is 116 cm³/mol. The van der Waals surface area contributed by atoms with E-state index in [1.165, 1.54) is 37.1 Å². The molecule has 1 amide bonds. The monoisotopic (exact) mass is 392 g/mol. The van der Waals surface area contributed by atoms with Gasteiger partial charge in [-0.25, -0.2) is 0 Å². The highest BCUT2D eigenvalue weighted by Gasteiger charge is 2.23. The van der Waals surface area contributed by atoms with Gasteiger partial charge in [-0.1, -0.05) is 42.5 Å². The fourth-order valence-electron chi connectivity index (χ4n) is 4.45. The van der Waals surface area contributed by atoms with Crippen molar-refractivity contribution in [1.82, 2.24) is 9.80 Å². The first-order chi connectivity index (χ1) is 14.3. The summed E-state index contributed by atoms with van der Waals surface area (Å²) in [5, 5.41) is 0. The molecule has 0 saturated carbocycles. The molecule has 4 heteroatoms. The van der Waals surface area contributed by atoms with Crippen molar-refractivity contribution in [2.24, 2.45) is 5.92 Å². The summed E-state index contributed by atoms with van der Waals surface area (Å²) < 4.78 is 5.61. The Hall–Kier alpha value is -2.33. The topological polar surface area (TPSA) is 32.8 Å². The lowest BCUT2D eigenvalue weighted by Crippen LogP contribution is -2.41. The number of hydrogen-bond acceptors (Lipinski definition) is 3. The molecule has 0 aliphatic carbocycles. The third-order valence-corrected chi connectivity index (χ3v) is 6.22. The average Bonchev–Trinajstić information content (AvgIpc) is 3.28. The molecule has 2 saturated heterocycles. The van der Waals surface area contributed by atoms with E-state index in [9.17, 15) is 4.79 Å². The molecular weight excluding hydrogens is 360 g/mol. The second-order valence-electron chi connectivity index (χ2n) is 8.43. The minimum atomic E-state index is 0.0959. The molecule has 0 bridgehead atoms. The van der Waals surface area contributed by atoms with Crippen LogP contribution in [0.3, 0.4) is 0 Å². The molecule has 2 heterocycles. The maximum absolute atomic E-state index is 12.4. The number of carbonyl (C=O) groups excluding carboxylic acids is 1. The zero-order valence-corrected chi connectivity index (χ0v) is 17.3. The Morgan fingerprint density at radius 2 is 1.52 bits per heavy atom. The lowest BCUT2D eigenvalue weighted by Gasteiger charge is -2.32. The molecule has 2 aromatic rings. The third kappa shape index (κ3) is 5.83. The van der Waals surface area contributed by atoms with Crippen LogP contribution in [0.4, 0.5) is 0 Å². The smallest absolute Gasteiger partial charge is 0.260 e. The Labute approximate surface area is 174 Å². The first-order valence-corrected chi connectivity index (χ1v) is 11.0. The largest absolute Gasteiger partial charge is 0.484 e. The van der Waals surface area contributed by atoms with Gasteiger partial charge in [0.2, 0.25) is 0 Å². The Kier molecular flexibility index (Phi) is 6.83. The van der Waals surface area contributed by atoms with Crippen LogP contribution >= 0.6 is 0 Å². The van der Waals surface area contributed by atoms with Crippen LogP contribution in [0.2, 0.25) is 0 Å². The summed E-state index contributed by atoms with van der Waals surface area (Å²) in [6.45, 7) is 5.40. The van der Waals surface area contributed by atoms with Crippen LogP contribution in [0.15, 0.2) is 54.6 Å². The summed E-state index contributed by atoms with van der Waals surface area (Å²) in [5.41, 5.74) is 2.85. The average molecular weight is 393 g/mol. The Morgan fingerprint density at radius 3 is 2.21 bits per heavy atom. The van der Waals surface area contributed by atoms with Gasteiger partial charge in [-0.3, -0.25) is 9.69 Å². The van der Waals surface area contributed by atoms with Gasteiger partial charge in [0.15, 0.2) is 6.61 Å². The Balaban J connectivity index is 1.19. The van der Waals surface area contributed by atoms with Crippen molar-refractivity contribution in [2.75, 3.05) is 32.8 Å². The van der Waals surface area contributed by atoms with Gasteiger partial charge >= 0.3 is 0 Å². The van der Waals surface area contributed by atoms with Gasteiger partial charge in [0.05, 0.1) is 0 Å². The van der Waals surface area contributed by atoms with Crippen LogP contribution in [-0.4, -0.2) is 48.5 Å². The minimum Gasteiger partial charge on any atom is -0.484 e. The summed E-state index contributed by atoms with van der Waals surface area (Å²) in [6, 6.07) is 18.8. The molecule has 154 valence electrons. The van der Waals surface area contributed by atoms with Gasteiger partial charge in [0.1, 0.15) is 5.75 Å². The van der Waals surface area contributed by atoms with E-state index in [1.807, 2.05) is 35.2 Å². The molecular formula is C25H32N2O2. The van der Waals surface area contributed by atoms with Crippen molar-refractivity contribution >= 4 is 5.91 Å². The van der Waals surface area contributed by atoms with E-state index < -0.39 is 0 Å². The molecule has 0 spiro atoms. The van der Waals surface area contributed by atoms with Crippen molar-refractivity contribution in [3.63, 3.8) is 0 Å². The van der Waals surface area contributed by atoms with Crippen LogP contribution in [-0.2, 0) is 17.8 Å². The first-order valence-electron chi connectivity index (χ1n) is 11.0. The number of benzene rings is 2. The predicted octanol–water partition coefficient (Wildman–Crippen LogP) is 4.14. The van der Waals surface area contributed by atoms with Crippen molar-refractivity contribution < 1.29 is 9.53 Å². The first kappa shape index (κ1) is 20.0. The van der Waals surface area contributed by atoms with Gasteiger partial charge in [-0.2, -0.15) is 0 Å². The summed E-state index contributed by atoms with van der Waals surface area (Å²) in [6.07, 6.45) is 5.96. The van der Waals surface area contributed by atoms with E-state index in [0.717, 1.165) is 44.6 Å². The van der Waals surface area contributed by atoms with E-state index in [1.54, 1.807) is 0 Å². The van der Waals surface area contributed by atoms with E-state index >= 15 is 0 Å². The van der Waals surface area contributed by atoms with Crippen LogP contribution in [0.5, 0.6) is 5.75 Å². The SMILES string of the molecule is O=C(COc1ccccc1)N1CCC(Cc2ccc(CN3CCCC3)cc2)CC1. The number of para-hydroxylation sites is 1. The normalized spacial score (nSPS) is 18.1. The molecule has 2 aromatic carbocycles. The molecule has 4 nitrogen and oxygen atoms in total. The van der Waals surface area contributed by atoms with Crippen LogP contribution < -0.4 is 4.74 Å². The standard InChI is InChI=1S/C25H32N2O2/c28-25(20-29-24-6-2-1-3-7-24)27-16-12-22(13-17-27)18-21-8-10-23(11-9-21)19-26-14-4-5-15-26/h1-3,6-11,22H,4-5,12-20H2. The molecule has 0 radical (unpaired) electrons. The summed E-state index contributed by atoms with van der Waals surface area (Å²) in [7, 11) is 0. The highest BCUT2D eigenvalue weighted by Crippen LogP contribution is 2.23. The van der Waals surface area contributed by atoms with Gasteiger partial charge in [-0.15, -0.1) is 0 Å². The number of ether oxygens (including phenoxy) is 1. The zero-order chi connectivity index (χ0) is 19.9. The van der Waals surface area contributed by atoms with E-state index in [-0.39, 0.29) is 12.5 Å². The van der Waals surface area contributed by atoms with E-state index in [2.05, 4.69) is 29.2 Å². The van der Waals surface area contributed by atoms with Crippen LogP contribution in [0.1, 0.15) is 36.8 Å². The molecule has 0 N–H and O–H groups in total. The van der Waals surface area contributed by atoms with Crippen molar-refractivity contribution in [1.29, 1.82) is 0 Å². The number of likely N-dealkylation sites (tertiary alicyclic amines) is 2. The number of hydrogen-bond donors (Lipinski definition) is 0. The lowest BCUT2D eigenvalue weighted by molar-refractivity contribution is -0.134. The number of nitrogens with zero attached hydrogens (tertiary/aromatic N) is 2. The second-order valence-corrected chi connectivity index (χ2v) is 8.43. The zero-order valence-electron chi connectivity index (χ0n) is 17.3. The summed E-state index contributed by atoms with van der Waals surface area (Å²) >= 11 is 0. The molecule has 0 atom stereocenters. The molecule has 2 aliphatic rings. The van der Waals surface area contributed by atoms with Crippen molar-refractivity contribution in [3.05, 3.63) is 65.7 Å². The number of carbonyl (C=O) groups is 1. The summed E-state index contributed by atoms with van der Waals surface area (Å²) in [4.78, 5) is 16.9.